The standard InChI is InChI=1S/C60H41NO/c1-3-14-42(15-4-1)44-30-36-50(37-31-44)61(51-38-32-45(33-39-51)43-26-28-47(29-27-43)54-24-13-19-46-16-7-8-20-53(46)54)52-40-34-48(35-41-52)55-21-9-10-22-56(55)60-59(49-17-5-2-6-18-49)57-23-11-12-25-58(57)62-60/h1-41H. The van der Waals surface area contributed by atoms with E-state index in [9.17, 15) is 0 Å². The van der Waals surface area contributed by atoms with E-state index < -0.39 is 0 Å². The lowest BCUT2D eigenvalue weighted by Crippen LogP contribution is -2.09. The lowest BCUT2D eigenvalue weighted by atomic mass is 9.93. The first-order valence-corrected chi connectivity index (χ1v) is 21.2. The molecular formula is C60H41NO. The predicted octanol–water partition coefficient (Wildman–Crippen LogP) is 17.1. The molecule has 0 unspecified atom stereocenters. The minimum atomic E-state index is 0.875. The molecular weight excluding hydrogens is 751 g/mol. The zero-order valence-corrected chi connectivity index (χ0v) is 34.0. The Bertz CT molecular complexity index is 3290. The highest BCUT2D eigenvalue weighted by Crippen LogP contribution is 2.45. The zero-order chi connectivity index (χ0) is 41.2. The third-order valence-electron chi connectivity index (χ3n) is 11.9. The summed E-state index contributed by atoms with van der Waals surface area (Å²) >= 11 is 0. The summed E-state index contributed by atoms with van der Waals surface area (Å²) in [5.41, 5.74) is 16.9. The molecule has 2 nitrogen and oxygen atoms in total. The summed E-state index contributed by atoms with van der Waals surface area (Å²) in [6.45, 7) is 0. The maximum absolute atomic E-state index is 6.70. The number of nitrogens with zero attached hydrogens (tertiary/aromatic N) is 1. The predicted molar refractivity (Wildman–Crippen MR) is 261 cm³/mol. The molecule has 0 aliphatic rings. The fourth-order valence-electron chi connectivity index (χ4n) is 8.85. The fraction of sp³-hybridized carbons (Fsp3) is 0. The molecule has 11 rings (SSSR count). The number of para-hydroxylation sites is 1. The van der Waals surface area contributed by atoms with Gasteiger partial charge in [-0.15, -0.1) is 0 Å². The van der Waals surface area contributed by atoms with Crippen LogP contribution < -0.4 is 4.90 Å². The molecule has 1 aromatic heterocycles. The Hall–Kier alpha value is -8.20. The van der Waals surface area contributed by atoms with Crippen LogP contribution in [0.5, 0.6) is 0 Å². The van der Waals surface area contributed by atoms with E-state index in [1.54, 1.807) is 0 Å². The first-order chi connectivity index (χ1) is 30.7. The maximum atomic E-state index is 6.70. The van der Waals surface area contributed by atoms with Gasteiger partial charge in [0.15, 0.2) is 0 Å². The molecule has 0 spiro atoms. The summed E-state index contributed by atoms with van der Waals surface area (Å²) in [6.07, 6.45) is 0. The van der Waals surface area contributed by atoms with Gasteiger partial charge in [-0.2, -0.15) is 0 Å². The first-order valence-electron chi connectivity index (χ1n) is 21.2. The first kappa shape index (κ1) is 36.8. The van der Waals surface area contributed by atoms with Gasteiger partial charge in [0.2, 0.25) is 0 Å². The van der Waals surface area contributed by atoms with Crippen molar-refractivity contribution in [3.8, 4) is 67.0 Å². The molecule has 2 heteroatoms. The van der Waals surface area contributed by atoms with E-state index in [0.29, 0.717) is 0 Å². The molecule has 0 amide bonds. The Labute approximate surface area is 362 Å². The van der Waals surface area contributed by atoms with Crippen molar-refractivity contribution >= 4 is 38.8 Å². The molecule has 62 heavy (non-hydrogen) atoms. The molecule has 11 aromatic rings. The van der Waals surface area contributed by atoms with Gasteiger partial charge >= 0.3 is 0 Å². The van der Waals surface area contributed by atoms with E-state index in [1.165, 1.54) is 44.2 Å². The van der Waals surface area contributed by atoms with E-state index in [2.05, 4.69) is 248 Å². The Morgan fingerprint density at radius 1 is 0.258 bits per heavy atom. The summed E-state index contributed by atoms with van der Waals surface area (Å²) in [7, 11) is 0. The van der Waals surface area contributed by atoms with E-state index >= 15 is 0 Å². The second-order valence-electron chi connectivity index (χ2n) is 15.7. The minimum Gasteiger partial charge on any atom is -0.455 e. The van der Waals surface area contributed by atoms with E-state index in [1.807, 2.05) is 6.07 Å². The lowest BCUT2D eigenvalue weighted by molar-refractivity contribution is 0.632. The molecule has 0 N–H and O–H groups in total. The van der Waals surface area contributed by atoms with Crippen LogP contribution in [0, 0.1) is 0 Å². The smallest absolute Gasteiger partial charge is 0.143 e. The van der Waals surface area contributed by atoms with Crippen molar-refractivity contribution in [1.82, 2.24) is 0 Å². The molecule has 0 bridgehead atoms. The number of hydrogen-bond acceptors (Lipinski definition) is 2. The summed E-state index contributed by atoms with van der Waals surface area (Å²) in [5.74, 6) is 0.875. The van der Waals surface area contributed by atoms with Gasteiger partial charge in [0.05, 0.1) is 0 Å². The Kier molecular flexibility index (Phi) is 9.57. The number of rotatable bonds is 9. The van der Waals surface area contributed by atoms with Gasteiger partial charge in [-0.05, 0) is 103 Å². The van der Waals surface area contributed by atoms with Crippen molar-refractivity contribution < 1.29 is 4.42 Å². The Morgan fingerprint density at radius 2 is 0.661 bits per heavy atom. The van der Waals surface area contributed by atoms with Crippen LogP contribution in [0.2, 0.25) is 0 Å². The van der Waals surface area contributed by atoms with Crippen molar-refractivity contribution in [2.45, 2.75) is 0 Å². The van der Waals surface area contributed by atoms with Gasteiger partial charge in [-0.3, -0.25) is 0 Å². The molecule has 0 fully saturated rings. The highest BCUT2D eigenvalue weighted by molar-refractivity contribution is 6.04. The topological polar surface area (TPSA) is 16.4 Å². The largest absolute Gasteiger partial charge is 0.455 e. The molecule has 0 saturated heterocycles. The number of hydrogen-bond donors (Lipinski definition) is 0. The number of anilines is 3. The quantitative estimate of drug-likeness (QED) is 0.145. The second-order valence-corrected chi connectivity index (χ2v) is 15.7. The van der Waals surface area contributed by atoms with Crippen LogP contribution in [0.1, 0.15) is 0 Å². The van der Waals surface area contributed by atoms with Gasteiger partial charge in [0.1, 0.15) is 11.3 Å². The maximum Gasteiger partial charge on any atom is 0.143 e. The number of benzene rings is 10. The van der Waals surface area contributed by atoms with E-state index in [0.717, 1.165) is 61.6 Å². The van der Waals surface area contributed by atoms with Crippen LogP contribution in [0.4, 0.5) is 17.1 Å². The van der Waals surface area contributed by atoms with Gasteiger partial charge in [0.25, 0.3) is 0 Å². The van der Waals surface area contributed by atoms with Crippen molar-refractivity contribution in [1.29, 1.82) is 0 Å². The summed E-state index contributed by atoms with van der Waals surface area (Å²) in [5, 5.41) is 3.63. The summed E-state index contributed by atoms with van der Waals surface area (Å²) < 4.78 is 6.70. The average Bonchev–Trinajstić information content (AvgIpc) is 3.75. The van der Waals surface area contributed by atoms with Crippen molar-refractivity contribution in [3.05, 3.63) is 249 Å². The molecule has 292 valence electrons. The van der Waals surface area contributed by atoms with Gasteiger partial charge in [-0.25, -0.2) is 0 Å². The van der Waals surface area contributed by atoms with Crippen LogP contribution in [0.15, 0.2) is 253 Å². The lowest BCUT2D eigenvalue weighted by Gasteiger charge is -2.26. The molecule has 0 atom stereocenters. The molecule has 0 saturated carbocycles. The third kappa shape index (κ3) is 6.94. The summed E-state index contributed by atoms with van der Waals surface area (Å²) in [4.78, 5) is 2.34. The van der Waals surface area contributed by atoms with E-state index in [-0.39, 0.29) is 0 Å². The number of furan rings is 1. The Balaban J connectivity index is 0.951. The summed E-state index contributed by atoms with van der Waals surface area (Å²) in [6, 6.07) is 88.8. The molecule has 0 radical (unpaired) electrons. The van der Waals surface area contributed by atoms with Gasteiger partial charge < -0.3 is 9.32 Å². The molecule has 1 heterocycles. The Morgan fingerprint density at radius 3 is 1.29 bits per heavy atom. The monoisotopic (exact) mass is 791 g/mol. The van der Waals surface area contributed by atoms with Crippen LogP contribution in [0.25, 0.3) is 88.7 Å². The fourth-order valence-corrected chi connectivity index (χ4v) is 8.85. The zero-order valence-electron chi connectivity index (χ0n) is 34.0. The van der Waals surface area contributed by atoms with Crippen LogP contribution in [0.3, 0.4) is 0 Å². The minimum absolute atomic E-state index is 0.875. The van der Waals surface area contributed by atoms with Crippen LogP contribution >= 0.6 is 0 Å². The molecule has 0 aliphatic heterocycles. The number of fused-ring (bicyclic) bond motifs is 2. The van der Waals surface area contributed by atoms with E-state index in [4.69, 9.17) is 4.42 Å². The molecule has 0 aliphatic carbocycles. The van der Waals surface area contributed by atoms with Gasteiger partial charge in [0, 0.05) is 33.6 Å². The molecule has 10 aromatic carbocycles. The average molecular weight is 792 g/mol. The van der Waals surface area contributed by atoms with Crippen molar-refractivity contribution in [3.63, 3.8) is 0 Å². The van der Waals surface area contributed by atoms with Crippen LogP contribution in [-0.2, 0) is 0 Å². The highest BCUT2D eigenvalue weighted by atomic mass is 16.3. The van der Waals surface area contributed by atoms with Gasteiger partial charge in [-0.1, -0.05) is 206 Å². The van der Waals surface area contributed by atoms with Crippen LogP contribution in [-0.4, -0.2) is 0 Å². The van der Waals surface area contributed by atoms with Crippen molar-refractivity contribution in [2.75, 3.05) is 4.90 Å². The highest BCUT2D eigenvalue weighted by Gasteiger charge is 2.21. The second kappa shape index (κ2) is 16.1. The SMILES string of the molecule is c1ccc(-c2ccc(N(c3ccc(-c4ccc(-c5cccc6ccccc56)cc4)cc3)c3ccc(-c4ccccc4-c4oc5ccccc5c4-c4ccccc4)cc3)cc2)cc1. The third-order valence-corrected chi connectivity index (χ3v) is 11.9. The van der Waals surface area contributed by atoms with Crippen molar-refractivity contribution in [2.24, 2.45) is 0 Å². The normalized spacial score (nSPS) is 11.2.